The van der Waals surface area contributed by atoms with Crippen molar-refractivity contribution in [3.05, 3.63) is 36.2 Å². The number of likely N-dealkylation sites (N-methyl/N-ethyl adjacent to an activating group) is 1. The SMILES string of the molecule is CC[C@@H](Nc1cc(-c2cnc(NC(=O)C3CC3)cn2)ccc1C#N)C(=O)N(C)C. The molecule has 1 saturated carbocycles. The molecule has 1 atom stereocenters. The number of anilines is 2. The van der Waals surface area contributed by atoms with E-state index in [2.05, 4.69) is 26.7 Å². The molecule has 8 heteroatoms. The maximum absolute atomic E-state index is 12.3. The summed E-state index contributed by atoms with van der Waals surface area (Å²) in [7, 11) is 3.40. The first-order chi connectivity index (χ1) is 13.9. The maximum Gasteiger partial charge on any atom is 0.244 e. The predicted molar refractivity (Wildman–Crippen MR) is 110 cm³/mol. The van der Waals surface area contributed by atoms with Crippen LogP contribution in [0.1, 0.15) is 31.7 Å². The Kier molecular flexibility index (Phi) is 6.07. The Balaban J connectivity index is 1.81. The van der Waals surface area contributed by atoms with Crippen molar-refractivity contribution in [1.82, 2.24) is 14.9 Å². The number of rotatable bonds is 7. The van der Waals surface area contributed by atoms with Crippen LogP contribution in [0.4, 0.5) is 11.5 Å². The zero-order valence-electron chi connectivity index (χ0n) is 16.8. The summed E-state index contributed by atoms with van der Waals surface area (Å²) in [5, 5.41) is 15.4. The molecule has 2 N–H and O–H groups in total. The Morgan fingerprint density at radius 1 is 1.28 bits per heavy atom. The molecule has 0 saturated heterocycles. The van der Waals surface area contributed by atoms with Crippen LogP contribution in [-0.4, -0.2) is 46.8 Å². The summed E-state index contributed by atoms with van der Waals surface area (Å²) in [6.45, 7) is 1.91. The van der Waals surface area contributed by atoms with Crippen LogP contribution in [0, 0.1) is 17.2 Å². The second kappa shape index (κ2) is 8.69. The molecule has 2 aromatic rings. The molecule has 0 aliphatic heterocycles. The van der Waals surface area contributed by atoms with Crippen LogP contribution in [0.15, 0.2) is 30.6 Å². The summed E-state index contributed by atoms with van der Waals surface area (Å²) in [6.07, 6.45) is 5.53. The summed E-state index contributed by atoms with van der Waals surface area (Å²) < 4.78 is 0. The van der Waals surface area contributed by atoms with E-state index in [9.17, 15) is 14.9 Å². The highest BCUT2D eigenvalue weighted by Gasteiger charge is 2.29. The standard InChI is InChI=1S/C21H24N6O2/c1-4-16(21(29)27(2)3)25-17-9-14(7-8-15(17)10-22)18-11-24-19(12-23-18)26-20(28)13-5-6-13/h7-9,11-13,16,25H,4-6H2,1-3H3,(H,24,26,28)/t16-/m1/s1. The highest BCUT2D eigenvalue weighted by atomic mass is 16.2. The number of benzene rings is 1. The van der Waals surface area contributed by atoms with Crippen molar-refractivity contribution in [2.24, 2.45) is 5.92 Å². The molecule has 0 radical (unpaired) electrons. The number of hydrogen-bond donors (Lipinski definition) is 2. The first kappa shape index (κ1) is 20.3. The number of hydrogen-bond acceptors (Lipinski definition) is 6. The van der Waals surface area contributed by atoms with Crippen molar-refractivity contribution in [3.63, 3.8) is 0 Å². The fraction of sp³-hybridized carbons (Fsp3) is 0.381. The first-order valence-corrected chi connectivity index (χ1v) is 9.58. The van der Waals surface area contributed by atoms with Crippen molar-refractivity contribution in [3.8, 4) is 17.3 Å². The third kappa shape index (κ3) is 4.88. The lowest BCUT2D eigenvalue weighted by atomic mass is 10.1. The lowest BCUT2D eigenvalue weighted by Crippen LogP contribution is -2.38. The van der Waals surface area contributed by atoms with E-state index in [1.54, 1.807) is 38.5 Å². The van der Waals surface area contributed by atoms with Crippen molar-refractivity contribution in [2.45, 2.75) is 32.2 Å². The van der Waals surface area contributed by atoms with Crippen molar-refractivity contribution < 1.29 is 9.59 Å². The van der Waals surface area contributed by atoms with Crippen LogP contribution >= 0.6 is 0 Å². The van der Waals surface area contributed by atoms with Gasteiger partial charge in [0, 0.05) is 25.6 Å². The van der Waals surface area contributed by atoms with Crippen LogP contribution in [0.5, 0.6) is 0 Å². The molecule has 1 aliphatic carbocycles. The molecule has 150 valence electrons. The third-order valence-electron chi connectivity index (χ3n) is 4.76. The Hall–Kier alpha value is -3.47. The molecule has 1 aliphatic rings. The molecule has 1 aromatic carbocycles. The van der Waals surface area contributed by atoms with Gasteiger partial charge in [0.1, 0.15) is 12.1 Å². The van der Waals surface area contributed by atoms with Gasteiger partial charge in [0.05, 0.1) is 29.3 Å². The van der Waals surface area contributed by atoms with Gasteiger partial charge in [-0.1, -0.05) is 13.0 Å². The minimum atomic E-state index is -0.432. The van der Waals surface area contributed by atoms with Gasteiger partial charge in [0.25, 0.3) is 0 Å². The van der Waals surface area contributed by atoms with Crippen LogP contribution in [-0.2, 0) is 9.59 Å². The number of nitrogens with one attached hydrogen (secondary N) is 2. The normalized spacial score (nSPS) is 13.9. The molecule has 3 rings (SSSR count). The van der Waals surface area contributed by atoms with E-state index in [4.69, 9.17) is 0 Å². The Morgan fingerprint density at radius 2 is 2.03 bits per heavy atom. The molecule has 0 spiro atoms. The van der Waals surface area contributed by atoms with Crippen LogP contribution in [0.3, 0.4) is 0 Å². The molecule has 29 heavy (non-hydrogen) atoms. The molecule has 1 heterocycles. The molecular weight excluding hydrogens is 368 g/mol. The van der Waals surface area contributed by atoms with Gasteiger partial charge in [0.2, 0.25) is 11.8 Å². The van der Waals surface area contributed by atoms with Crippen LogP contribution in [0.2, 0.25) is 0 Å². The quantitative estimate of drug-likeness (QED) is 0.749. The van der Waals surface area contributed by atoms with Gasteiger partial charge in [-0.2, -0.15) is 5.26 Å². The fourth-order valence-corrected chi connectivity index (χ4v) is 2.87. The molecule has 0 bridgehead atoms. The summed E-state index contributed by atoms with van der Waals surface area (Å²) in [5.41, 5.74) is 2.38. The van der Waals surface area contributed by atoms with E-state index < -0.39 is 6.04 Å². The second-order valence-corrected chi connectivity index (χ2v) is 7.26. The zero-order valence-corrected chi connectivity index (χ0v) is 16.8. The average molecular weight is 392 g/mol. The number of carbonyl (C=O) groups excluding carboxylic acids is 2. The van der Waals surface area contributed by atoms with Gasteiger partial charge >= 0.3 is 0 Å². The fourth-order valence-electron chi connectivity index (χ4n) is 2.87. The van der Waals surface area contributed by atoms with E-state index in [0.29, 0.717) is 29.2 Å². The summed E-state index contributed by atoms with van der Waals surface area (Å²) in [6, 6.07) is 6.98. The smallest absolute Gasteiger partial charge is 0.244 e. The van der Waals surface area contributed by atoms with Gasteiger partial charge < -0.3 is 15.5 Å². The van der Waals surface area contributed by atoms with Crippen molar-refractivity contribution in [2.75, 3.05) is 24.7 Å². The Labute approximate surface area is 170 Å². The van der Waals surface area contributed by atoms with Gasteiger partial charge in [-0.15, -0.1) is 0 Å². The molecule has 0 unspecified atom stereocenters. The van der Waals surface area contributed by atoms with E-state index in [0.717, 1.165) is 18.4 Å². The zero-order chi connectivity index (χ0) is 21.0. The first-order valence-electron chi connectivity index (χ1n) is 9.58. The predicted octanol–water partition coefficient (Wildman–Crippen LogP) is 2.64. The average Bonchev–Trinajstić information content (AvgIpc) is 3.57. The summed E-state index contributed by atoms with van der Waals surface area (Å²) >= 11 is 0. The third-order valence-corrected chi connectivity index (χ3v) is 4.76. The second-order valence-electron chi connectivity index (χ2n) is 7.26. The van der Waals surface area contributed by atoms with Crippen LogP contribution in [0.25, 0.3) is 11.3 Å². The Morgan fingerprint density at radius 3 is 2.59 bits per heavy atom. The molecular formula is C21H24N6O2. The lowest BCUT2D eigenvalue weighted by Gasteiger charge is -2.22. The van der Waals surface area contributed by atoms with Gasteiger partial charge in [-0.3, -0.25) is 14.6 Å². The number of carbonyl (C=O) groups is 2. The minimum absolute atomic E-state index is 0.0203. The highest BCUT2D eigenvalue weighted by Crippen LogP contribution is 2.30. The van der Waals surface area contributed by atoms with E-state index in [1.807, 2.05) is 6.92 Å². The van der Waals surface area contributed by atoms with Gasteiger partial charge in [-0.25, -0.2) is 4.98 Å². The number of amides is 2. The van der Waals surface area contributed by atoms with Crippen LogP contribution < -0.4 is 10.6 Å². The minimum Gasteiger partial charge on any atom is -0.373 e. The molecule has 1 fully saturated rings. The van der Waals surface area contributed by atoms with Gasteiger partial charge in [0.15, 0.2) is 5.82 Å². The molecule has 1 aromatic heterocycles. The molecule has 8 nitrogen and oxygen atoms in total. The number of nitriles is 1. The van der Waals surface area contributed by atoms with E-state index in [1.165, 1.54) is 11.1 Å². The van der Waals surface area contributed by atoms with E-state index >= 15 is 0 Å². The van der Waals surface area contributed by atoms with E-state index in [-0.39, 0.29) is 17.7 Å². The lowest BCUT2D eigenvalue weighted by molar-refractivity contribution is -0.129. The topological polar surface area (TPSA) is 111 Å². The van der Waals surface area contributed by atoms with Crippen molar-refractivity contribution in [1.29, 1.82) is 5.26 Å². The Bertz CT molecular complexity index is 945. The largest absolute Gasteiger partial charge is 0.373 e. The summed E-state index contributed by atoms with van der Waals surface area (Å²) in [4.78, 5) is 34.3. The van der Waals surface area contributed by atoms with Crippen molar-refractivity contribution >= 4 is 23.3 Å². The monoisotopic (exact) mass is 392 g/mol. The molecule has 2 amide bonds. The maximum atomic E-state index is 12.3. The number of aromatic nitrogens is 2. The van der Waals surface area contributed by atoms with Gasteiger partial charge in [-0.05, 0) is 31.4 Å². The highest BCUT2D eigenvalue weighted by molar-refractivity contribution is 5.93. The number of nitrogens with zero attached hydrogens (tertiary/aromatic N) is 4. The summed E-state index contributed by atoms with van der Waals surface area (Å²) in [5.74, 6) is 0.436.